The molecule has 0 aliphatic carbocycles. The minimum absolute atomic E-state index is 0.0318. The van der Waals surface area contributed by atoms with E-state index in [1.807, 2.05) is 0 Å². The molecule has 0 amide bonds. The van der Waals surface area contributed by atoms with E-state index in [1.54, 1.807) is 0 Å². The number of carboxylic acids is 1. The monoisotopic (exact) mass is 284 g/mol. The van der Waals surface area contributed by atoms with Crippen LogP contribution in [0, 0.1) is 0 Å². The van der Waals surface area contributed by atoms with Crippen molar-refractivity contribution in [2.75, 3.05) is 12.4 Å². The van der Waals surface area contributed by atoms with Crippen LogP contribution in [0.4, 0.5) is 0 Å². The van der Waals surface area contributed by atoms with E-state index in [1.165, 1.54) is 24.3 Å². The Labute approximate surface area is 112 Å². The number of sulfone groups is 1. The molecule has 1 aliphatic heterocycles. The minimum Gasteiger partial charge on any atom is -0.478 e. The fourth-order valence-electron chi connectivity index (χ4n) is 2.08. The molecule has 1 unspecified atom stereocenters. The van der Waals surface area contributed by atoms with Crippen molar-refractivity contribution >= 4 is 15.8 Å². The van der Waals surface area contributed by atoms with Gasteiger partial charge in [0, 0.05) is 6.61 Å². The molecule has 6 heteroatoms. The molecular formula is C13H16O5S. The topological polar surface area (TPSA) is 80.7 Å². The molecule has 1 heterocycles. The van der Waals surface area contributed by atoms with Crippen molar-refractivity contribution in [3.8, 4) is 0 Å². The van der Waals surface area contributed by atoms with Gasteiger partial charge in [0.05, 0.1) is 22.3 Å². The molecule has 104 valence electrons. The average Bonchev–Trinajstić information content (AvgIpc) is 2.90. The van der Waals surface area contributed by atoms with E-state index in [9.17, 15) is 13.2 Å². The summed E-state index contributed by atoms with van der Waals surface area (Å²) in [6, 6.07) is 5.30. The Hall–Kier alpha value is -1.40. The van der Waals surface area contributed by atoms with Gasteiger partial charge in [0.2, 0.25) is 0 Å². The van der Waals surface area contributed by atoms with Gasteiger partial charge in [-0.1, -0.05) is 0 Å². The first-order valence-corrected chi connectivity index (χ1v) is 7.82. The molecule has 0 bridgehead atoms. The number of benzene rings is 1. The molecular weight excluding hydrogens is 268 g/mol. The zero-order valence-corrected chi connectivity index (χ0v) is 11.2. The maximum absolute atomic E-state index is 12.1. The molecule has 0 aromatic heterocycles. The smallest absolute Gasteiger partial charge is 0.335 e. The molecule has 1 aliphatic rings. The van der Waals surface area contributed by atoms with Crippen LogP contribution < -0.4 is 0 Å². The van der Waals surface area contributed by atoms with Gasteiger partial charge in [0.15, 0.2) is 9.84 Å². The summed E-state index contributed by atoms with van der Waals surface area (Å²) >= 11 is 0. The van der Waals surface area contributed by atoms with Crippen LogP contribution in [0.2, 0.25) is 0 Å². The molecule has 1 N–H and O–H groups in total. The maximum atomic E-state index is 12.1. The molecule has 1 aromatic carbocycles. The Balaban J connectivity index is 2.03. The summed E-state index contributed by atoms with van der Waals surface area (Å²) in [5.41, 5.74) is 0.0816. The fourth-order valence-corrected chi connectivity index (χ4v) is 3.44. The second-order valence-electron chi connectivity index (χ2n) is 4.57. The largest absolute Gasteiger partial charge is 0.478 e. The highest BCUT2D eigenvalue weighted by atomic mass is 32.2. The van der Waals surface area contributed by atoms with E-state index in [2.05, 4.69) is 0 Å². The van der Waals surface area contributed by atoms with Crippen LogP contribution in [0.25, 0.3) is 0 Å². The predicted molar refractivity (Wildman–Crippen MR) is 69.0 cm³/mol. The summed E-state index contributed by atoms with van der Waals surface area (Å²) in [6.07, 6.45) is 2.42. The second-order valence-corrected chi connectivity index (χ2v) is 6.68. The summed E-state index contributed by atoms with van der Waals surface area (Å²) in [7, 11) is -3.36. The molecule has 1 fully saturated rings. The highest BCUT2D eigenvalue weighted by Crippen LogP contribution is 2.19. The van der Waals surface area contributed by atoms with Crippen molar-refractivity contribution in [2.24, 2.45) is 0 Å². The maximum Gasteiger partial charge on any atom is 0.335 e. The number of ether oxygens (including phenoxy) is 1. The van der Waals surface area contributed by atoms with Crippen LogP contribution in [0.5, 0.6) is 0 Å². The van der Waals surface area contributed by atoms with Gasteiger partial charge in [-0.15, -0.1) is 0 Å². The molecule has 0 spiro atoms. The van der Waals surface area contributed by atoms with Crippen LogP contribution >= 0.6 is 0 Å². The summed E-state index contributed by atoms with van der Waals surface area (Å²) in [5, 5.41) is 8.76. The fraction of sp³-hybridized carbons (Fsp3) is 0.462. The molecule has 1 aromatic rings. The predicted octanol–water partition coefficient (Wildman–Crippen LogP) is 1.73. The number of hydrogen-bond acceptors (Lipinski definition) is 4. The van der Waals surface area contributed by atoms with Crippen molar-refractivity contribution in [3.63, 3.8) is 0 Å². The lowest BCUT2D eigenvalue weighted by Crippen LogP contribution is -2.14. The quantitative estimate of drug-likeness (QED) is 0.890. The van der Waals surface area contributed by atoms with Gasteiger partial charge in [-0.25, -0.2) is 13.2 Å². The van der Waals surface area contributed by atoms with Gasteiger partial charge in [0.25, 0.3) is 0 Å². The first kappa shape index (κ1) is 14.0. The van der Waals surface area contributed by atoms with E-state index in [-0.39, 0.29) is 22.3 Å². The highest BCUT2D eigenvalue weighted by molar-refractivity contribution is 7.91. The summed E-state index contributed by atoms with van der Waals surface area (Å²) < 4.78 is 29.5. The third kappa shape index (κ3) is 3.54. The van der Waals surface area contributed by atoms with Crippen LogP contribution in [-0.4, -0.2) is 38.0 Å². The van der Waals surface area contributed by atoms with Crippen LogP contribution in [0.15, 0.2) is 29.2 Å². The van der Waals surface area contributed by atoms with Gasteiger partial charge in [0.1, 0.15) is 0 Å². The minimum atomic E-state index is -3.36. The van der Waals surface area contributed by atoms with Crippen molar-refractivity contribution in [2.45, 2.75) is 30.3 Å². The standard InChI is InChI=1S/C13H16O5S/c14-13(15)10-3-5-12(6-4-10)19(16,17)9-7-11-2-1-8-18-11/h3-6,11H,1-2,7-9H2,(H,14,15). The Morgan fingerprint density at radius 1 is 1.32 bits per heavy atom. The zero-order chi connectivity index (χ0) is 13.9. The zero-order valence-electron chi connectivity index (χ0n) is 10.4. The van der Waals surface area contributed by atoms with E-state index in [0.717, 1.165) is 12.8 Å². The second kappa shape index (κ2) is 5.71. The van der Waals surface area contributed by atoms with E-state index in [0.29, 0.717) is 13.0 Å². The summed E-state index contributed by atoms with van der Waals surface area (Å²) in [4.78, 5) is 10.9. The normalized spacial score (nSPS) is 19.5. The third-order valence-corrected chi connectivity index (χ3v) is 4.96. The van der Waals surface area contributed by atoms with Gasteiger partial charge < -0.3 is 9.84 Å². The Morgan fingerprint density at radius 3 is 2.53 bits per heavy atom. The number of rotatable bonds is 5. The van der Waals surface area contributed by atoms with Crippen molar-refractivity contribution in [1.82, 2.24) is 0 Å². The molecule has 5 nitrogen and oxygen atoms in total. The van der Waals surface area contributed by atoms with Crippen molar-refractivity contribution in [1.29, 1.82) is 0 Å². The summed E-state index contributed by atoms with van der Waals surface area (Å²) in [6.45, 7) is 0.706. The first-order valence-electron chi connectivity index (χ1n) is 6.17. The Morgan fingerprint density at radius 2 is 2.00 bits per heavy atom. The van der Waals surface area contributed by atoms with Crippen molar-refractivity contribution in [3.05, 3.63) is 29.8 Å². The number of carboxylic acid groups (broad SMARTS) is 1. The van der Waals surface area contributed by atoms with Gasteiger partial charge >= 0.3 is 5.97 Å². The summed E-state index contributed by atoms with van der Waals surface area (Å²) in [5.74, 6) is -1.03. The van der Waals surface area contributed by atoms with Crippen LogP contribution in [-0.2, 0) is 14.6 Å². The number of aromatic carboxylic acids is 1. The van der Waals surface area contributed by atoms with Gasteiger partial charge in [-0.3, -0.25) is 0 Å². The molecule has 1 saturated heterocycles. The van der Waals surface area contributed by atoms with Gasteiger partial charge in [-0.2, -0.15) is 0 Å². The Kier molecular flexibility index (Phi) is 4.21. The SMILES string of the molecule is O=C(O)c1ccc(S(=O)(=O)CCC2CCCO2)cc1. The average molecular weight is 284 g/mol. The van der Waals surface area contributed by atoms with Crippen molar-refractivity contribution < 1.29 is 23.1 Å². The molecule has 19 heavy (non-hydrogen) atoms. The third-order valence-electron chi connectivity index (χ3n) is 3.19. The highest BCUT2D eigenvalue weighted by Gasteiger charge is 2.21. The Bertz CT molecular complexity index is 541. The van der Waals surface area contributed by atoms with E-state index >= 15 is 0 Å². The molecule has 0 radical (unpaired) electrons. The number of hydrogen-bond donors (Lipinski definition) is 1. The van der Waals surface area contributed by atoms with Crippen LogP contribution in [0.3, 0.4) is 0 Å². The molecule has 0 saturated carbocycles. The first-order chi connectivity index (χ1) is 8.99. The lowest BCUT2D eigenvalue weighted by Gasteiger charge is -2.09. The molecule has 2 rings (SSSR count). The van der Waals surface area contributed by atoms with Gasteiger partial charge in [-0.05, 0) is 43.5 Å². The van der Waals surface area contributed by atoms with E-state index in [4.69, 9.17) is 9.84 Å². The lowest BCUT2D eigenvalue weighted by atomic mass is 10.2. The van der Waals surface area contributed by atoms with E-state index < -0.39 is 15.8 Å². The number of carbonyl (C=O) groups is 1. The van der Waals surface area contributed by atoms with Crippen LogP contribution in [0.1, 0.15) is 29.6 Å². The lowest BCUT2D eigenvalue weighted by molar-refractivity contribution is 0.0696. The molecule has 1 atom stereocenters.